The Morgan fingerprint density at radius 2 is 2.08 bits per heavy atom. The van der Waals surface area contributed by atoms with Crippen LogP contribution in [0.15, 0.2) is 29.4 Å². The molecule has 0 radical (unpaired) electrons. The fourth-order valence-corrected chi connectivity index (χ4v) is 1.13. The third kappa shape index (κ3) is 4.41. The molecule has 0 atom stereocenters. The standard InChI is InChI=1S/C6H7N.C5H9N/c1-6-4-2-3-5-7-6;1-5-3-2-4-6-5/h2-5H,1H3;2-4H2,1H3. The van der Waals surface area contributed by atoms with Crippen molar-refractivity contribution < 1.29 is 0 Å². The van der Waals surface area contributed by atoms with E-state index < -0.39 is 0 Å². The molecule has 0 N–H and O–H groups in total. The Kier molecular flexibility index (Phi) is 4.16. The summed E-state index contributed by atoms with van der Waals surface area (Å²) in [6.07, 6.45) is 4.31. The lowest BCUT2D eigenvalue weighted by Crippen LogP contribution is -1.77. The van der Waals surface area contributed by atoms with Crippen molar-refractivity contribution in [2.45, 2.75) is 26.7 Å². The van der Waals surface area contributed by atoms with Crippen molar-refractivity contribution in [3.8, 4) is 0 Å². The molecule has 0 amide bonds. The number of aryl methyl sites for hydroxylation is 1. The number of hydrogen-bond donors (Lipinski definition) is 0. The predicted octanol–water partition coefficient (Wildman–Crippen LogP) is 2.63. The maximum atomic E-state index is 4.15. The molecule has 1 aromatic rings. The SMILES string of the molecule is CC1=NCCC1.Cc1ccccn1. The Labute approximate surface area is 79.7 Å². The first kappa shape index (κ1) is 9.90. The molecular formula is C11H16N2. The summed E-state index contributed by atoms with van der Waals surface area (Å²) < 4.78 is 0. The average Bonchev–Trinajstić information content (AvgIpc) is 2.58. The fourth-order valence-electron chi connectivity index (χ4n) is 1.13. The van der Waals surface area contributed by atoms with Crippen LogP contribution < -0.4 is 0 Å². The van der Waals surface area contributed by atoms with Crippen molar-refractivity contribution in [1.29, 1.82) is 0 Å². The van der Waals surface area contributed by atoms with Crippen LogP contribution in [0.3, 0.4) is 0 Å². The molecule has 0 saturated heterocycles. The molecule has 1 aromatic heterocycles. The molecule has 0 aromatic carbocycles. The van der Waals surface area contributed by atoms with Gasteiger partial charge in [0.1, 0.15) is 0 Å². The van der Waals surface area contributed by atoms with Gasteiger partial charge in [-0.2, -0.15) is 0 Å². The Hall–Kier alpha value is -1.18. The van der Waals surface area contributed by atoms with Crippen molar-refractivity contribution in [2.75, 3.05) is 6.54 Å². The summed E-state index contributed by atoms with van der Waals surface area (Å²) in [6.45, 7) is 5.14. The maximum absolute atomic E-state index is 4.15. The van der Waals surface area contributed by atoms with Gasteiger partial charge in [-0.1, -0.05) is 6.07 Å². The lowest BCUT2D eigenvalue weighted by atomic mass is 10.3. The Morgan fingerprint density at radius 1 is 1.23 bits per heavy atom. The highest BCUT2D eigenvalue weighted by atomic mass is 14.7. The van der Waals surface area contributed by atoms with Gasteiger partial charge < -0.3 is 0 Å². The largest absolute Gasteiger partial charge is 0.294 e. The fraction of sp³-hybridized carbons (Fsp3) is 0.455. The zero-order valence-electron chi connectivity index (χ0n) is 8.33. The maximum Gasteiger partial charge on any atom is 0.0392 e. The molecule has 1 aliphatic rings. The third-order valence-corrected chi connectivity index (χ3v) is 1.89. The first-order valence-electron chi connectivity index (χ1n) is 4.66. The second kappa shape index (κ2) is 5.46. The summed E-state index contributed by atoms with van der Waals surface area (Å²) in [5.41, 5.74) is 2.40. The number of nitrogens with zero attached hydrogens (tertiary/aromatic N) is 2. The topological polar surface area (TPSA) is 25.2 Å². The minimum Gasteiger partial charge on any atom is -0.294 e. The van der Waals surface area contributed by atoms with E-state index in [1.54, 1.807) is 6.20 Å². The van der Waals surface area contributed by atoms with Crippen LogP contribution in [0.2, 0.25) is 0 Å². The van der Waals surface area contributed by atoms with E-state index >= 15 is 0 Å². The zero-order valence-corrected chi connectivity index (χ0v) is 8.33. The molecule has 1 aliphatic heterocycles. The molecule has 0 saturated carbocycles. The van der Waals surface area contributed by atoms with Crippen LogP contribution >= 0.6 is 0 Å². The van der Waals surface area contributed by atoms with Crippen molar-refractivity contribution in [3.05, 3.63) is 30.1 Å². The minimum atomic E-state index is 1.07. The highest BCUT2D eigenvalue weighted by molar-refractivity contribution is 5.83. The zero-order chi connectivity index (χ0) is 9.52. The molecule has 13 heavy (non-hydrogen) atoms. The van der Waals surface area contributed by atoms with Crippen LogP contribution in [-0.2, 0) is 0 Å². The summed E-state index contributed by atoms with van der Waals surface area (Å²) in [4.78, 5) is 8.13. The first-order chi connectivity index (χ1) is 6.29. The van der Waals surface area contributed by atoms with Crippen LogP contribution in [0.1, 0.15) is 25.5 Å². The van der Waals surface area contributed by atoms with Gasteiger partial charge in [0, 0.05) is 24.1 Å². The molecule has 0 unspecified atom stereocenters. The third-order valence-electron chi connectivity index (χ3n) is 1.89. The van der Waals surface area contributed by atoms with Gasteiger partial charge in [-0.3, -0.25) is 9.98 Å². The summed E-state index contributed by atoms with van der Waals surface area (Å²) in [7, 11) is 0. The van der Waals surface area contributed by atoms with E-state index in [2.05, 4.69) is 16.9 Å². The molecule has 2 nitrogen and oxygen atoms in total. The normalized spacial score (nSPS) is 14.5. The van der Waals surface area contributed by atoms with Crippen molar-refractivity contribution in [2.24, 2.45) is 4.99 Å². The number of rotatable bonds is 0. The van der Waals surface area contributed by atoms with E-state index in [9.17, 15) is 0 Å². The second-order valence-corrected chi connectivity index (χ2v) is 3.19. The van der Waals surface area contributed by atoms with E-state index in [0.29, 0.717) is 0 Å². The van der Waals surface area contributed by atoms with E-state index in [1.807, 2.05) is 25.1 Å². The molecule has 0 bridgehead atoms. The van der Waals surface area contributed by atoms with Gasteiger partial charge in [-0.25, -0.2) is 0 Å². The van der Waals surface area contributed by atoms with E-state index in [1.165, 1.54) is 18.6 Å². The van der Waals surface area contributed by atoms with Crippen LogP contribution in [0.4, 0.5) is 0 Å². The predicted molar refractivity (Wildman–Crippen MR) is 56.2 cm³/mol. The minimum absolute atomic E-state index is 1.07. The number of aromatic nitrogens is 1. The van der Waals surface area contributed by atoms with Gasteiger partial charge in [-0.15, -0.1) is 0 Å². The highest BCUT2D eigenvalue weighted by Crippen LogP contribution is 2.00. The van der Waals surface area contributed by atoms with Gasteiger partial charge in [-0.05, 0) is 38.8 Å². The summed E-state index contributed by atoms with van der Waals surface area (Å²) in [5.74, 6) is 0. The van der Waals surface area contributed by atoms with Crippen LogP contribution in [0.5, 0.6) is 0 Å². The van der Waals surface area contributed by atoms with Crippen LogP contribution in [0, 0.1) is 6.92 Å². The lowest BCUT2D eigenvalue weighted by molar-refractivity contribution is 0.951. The molecule has 2 rings (SSSR count). The first-order valence-corrected chi connectivity index (χ1v) is 4.66. The smallest absolute Gasteiger partial charge is 0.0392 e. The van der Waals surface area contributed by atoms with E-state index in [4.69, 9.17) is 0 Å². The van der Waals surface area contributed by atoms with Gasteiger partial charge in [0.2, 0.25) is 0 Å². The summed E-state index contributed by atoms with van der Waals surface area (Å²) >= 11 is 0. The molecule has 0 fully saturated rings. The molecule has 0 spiro atoms. The van der Waals surface area contributed by atoms with Crippen LogP contribution in [0.25, 0.3) is 0 Å². The highest BCUT2D eigenvalue weighted by Gasteiger charge is 1.96. The molecule has 2 heterocycles. The summed E-state index contributed by atoms with van der Waals surface area (Å²) in [6, 6.07) is 5.86. The molecule has 2 heteroatoms. The van der Waals surface area contributed by atoms with E-state index in [0.717, 1.165) is 12.2 Å². The number of aliphatic imine (C=N–C) groups is 1. The Bertz CT molecular complexity index is 265. The lowest BCUT2D eigenvalue weighted by Gasteiger charge is -1.82. The van der Waals surface area contributed by atoms with Crippen molar-refractivity contribution in [3.63, 3.8) is 0 Å². The molecule has 70 valence electrons. The van der Waals surface area contributed by atoms with Gasteiger partial charge in [0.05, 0.1) is 0 Å². The van der Waals surface area contributed by atoms with Gasteiger partial charge in [0.15, 0.2) is 0 Å². The van der Waals surface area contributed by atoms with Gasteiger partial charge >= 0.3 is 0 Å². The molecule has 0 aliphatic carbocycles. The Balaban J connectivity index is 0.000000132. The monoisotopic (exact) mass is 176 g/mol. The van der Waals surface area contributed by atoms with E-state index in [-0.39, 0.29) is 0 Å². The van der Waals surface area contributed by atoms with Crippen LogP contribution in [-0.4, -0.2) is 17.2 Å². The molecular weight excluding hydrogens is 160 g/mol. The van der Waals surface area contributed by atoms with Crippen molar-refractivity contribution in [1.82, 2.24) is 4.98 Å². The van der Waals surface area contributed by atoms with Crippen molar-refractivity contribution >= 4 is 5.71 Å². The summed E-state index contributed by atoms with van der Waals surface area (Å²) in [5, 5.41) is 0. The Morgan fingerprint density at radius 3 is 2.31 bits per heavy atom. The quantitative estimate of drug-likeness (QED) is 0.596. The number of pyridine rings is 1. The number of hydrogen-bond acceptors (Lipinski definition) is 2. The average molecular weight is 176 g/mol. The van der Waals surface area contributed by atoms with Gasteiger partial charge in [0.25, 0.3) is 0 Å². The second-order valence-electron chi connectivity index (χ2n) is 3.19.